The highest BCUT2D eigenvalue weighted by Gasteiger charge is 2.24. The molecule has 1 N–H and O–H groups in total. The van der Waals surface area contributed by atoms with Gasteiger partial charge in [-0.2, -0.15) is 5.10 Å². The molecule has 3 aromatic rings. The first-order chi connectivity index (χ1) is 13.7. The number of aryl methyl sites for hydroxylation is 1. The van der Waals surface area contributed by atoms with Crippen molar-refractivity contribution in [2.45, 2.75) is 39.4 Å². The molecule has 0 aromatic carbocycles. The zero-order valence-corrected chi connectivity index (χ0v) is 16.9. The van der Waals surface area contributed by atoms with Crippen molar-refractivity contribution in [1.29, 1.82) is 0 Å². The van der Waals surface area contributed by atoms with E-state index in [9.17, 15) is 4.79 Å². The molecular formula is C21H25N5OS. The van der Waals surface area contributed by atoms with Gasteiger partial charge in [-0.3, -0.25) is 19.4 Å². The number of pyridine rings is 1. The third-order valence-electron chi connectivity index (χ3n) is 5.14. The Kier molecular flexibility index (Phi) is 5.83. The Morgan fingerprint density at radius 3 is 3.04 bits per heavy atom. The molecule has 7 heteroatoms. The quantitative estimate of drug-likeness (QED) is 0.668. The summed E-state index contributed by atoms with van der Waals surface area (Å²) in [5, 5.41) is 9.18. The molecule has 3 aromatic heterocycles. The number of nitrogens with zero attached hydrogens (tertiary/aromatic N) is 4. The molecule has 28 heavy (non-hydrogen) atoms. The van der Waals surface area contributed by atoms with Crippen LogP contribution in [0.3, 0.4) is 0 Å². The molecule has 0 atom stereocenters. The van der Waals surface area contributed by atoms with Gasteiger partial charge in [0.05, 0.1) is 17.8 Å². The lowest BCUT2D eigenvalue weighted by molar-refractivity contribution is 0.0950. The third-order valence-corrected chi connectivity index (χ3v) is 6.15. The van der Waals surface area contributed by atoms with E-state index in [0.29, 0.717) is 13.1 Å². The van der Waals surface area contributed by atoms with Crippen molar-refractivity contribution in [2.75, 3.05) is 13.1 Å². The van der Waals surface area contributed by atoms with Gasteiger partial charge in [-0.25, -0.2) is 0 Å². The summed E-state index contributed by atoms with van der Waals surface area (Å²) in [7, 11) is 0. The van der Waals surface area contributed by atoms with Crippen LogP contribution in [-0.4, -0.2) is 38.7 Å². The van der Waals surface area contributed by atoms with Gasteiger partial charge in [0, 0.05) is 55.0 Å². The van der Waals surface area contributed by atoms with Crippen LogP contribution in [0.2, 0.25) is 0 Å². The summed E-state index contributed by atoms with van der Waals surface area (Å²) in [6.45, 7) is 6.10. The summed E-state index contributed by atoms with van der Waals surface area (Å²) in [4.78, 5) is 20.9. The van der Waals surface area contributed by atoms with E-state index in [1.54, 1.807) is 17.5 Å². The predicted octanol–water partition coefficient (Wildman–Crippen LogP) is 2.89. The Bertz CT molecular complexity index is 917. The molecule has 146 valence electrons. The molecule has 1 aliphatic heterocycles. The molecule has 0 fully saturated rings. The molecular weight excluding hydrogens is 370 g/mol. The van der Waals surface area contributed by atoms with Gasteiger partial charge in [0.25, 0.3) is 5.91 Å². The molecule has 4 heterocycles. The van der Waals surface area contributed by atoms with E-state index >= 15 is 0 Å². The van der Waals surface area contributed by atoms with Crippen molar-refractivity contribution in [3.8, 4) is 0 Å². The second-order valence-corrected chi connectivity index (χ2v) is 8.01. The number of hydrogen-bond acceptors (Lipinski definition) is 5. The summed E-state index contributed by atoms with van der Waals surface area (Å²) in [6.07, 6.45) is 7.55. The zero-order valence-electron chi connectivity index (χ0n) is 16.1. The van der Waals surface area contributed by atoms with Crippen LogP contribution in [0.4, 0.5) is 0 Å². The molecule has 4 rings (SSSR count). The van der Waals surface area contributed by atoms with Crippen molar-refractivity contribution in [3.05, 3.63) is 69.4 Å². The maximum absolute atomic E-state index is 12.6. The van der Waals surface area contributed by atoms with Crippen LogP contribution >= 0.6 is 11.3 Å². The number of amides is 1. The van der Waals surface area contributed by atoms with Gasteiger partial charge in [0.15, 0.2) is 0 Å². The minimum absolute atomic E-state index is 0.0231. The van der Waals surface area contributed by atoms with Crippen molar-refractivity contribution >= 4 is 17.2 Å². The standard InChI is InChI=1S/C21H25N5OS/c1-2-16-4-5-17(23-12-16)13-25-10-6-18-19(15-28-20(18)14-25)21(27)22-8-11-26-9-3-7-24-26/h3-5,7,9,12,15H,2,6,8,10-11,13-14H2,1H3,(H,22,27). The average molecular weight is 396 g/mol. The minimum atomic E-state index is 0.0231. The largest absolute Gasteiger partial charge is 0.350 e. The zero-order chi connectivity index (χ0) is 19.3. The average Bonchev–Trinajstić information content (AvgIpc) is 3.38. The van der Waals surface area contributed by atoms with Crippen LogP contribution in [0.25, 0.3) is 0 Å². The van der Waals surface area contributed by atoms with E-state index in [1.807, 2.05) is 28.5 Å². The van der Waals surface area contributed by atoms with Gasteiger partial charge < -0.3 is 5.32 Å². The van der Waals surface area contributed by atoms with Gasteiger partial charge in [-0.1, -0.05) is 13.0 Å². The fraction of sp³-hybridized carbons (Fsp3) is 0.381. The van der Waals surface area contributed by atoms with E-state index in [2.05, 4.69) is 39.4 Å². The Hall–Kier alpha value is -2.51. The molecule has 1 amide bonds. The second-order valence-electron chi connectivity index (χ2n) is 7.05. The fourth-order valence-corrected chi connectivity index (χ4v) is 4.63. The number of hydrogen-bond donors (Lipinski definition) is 1. The normalized spacial score (nSPS) is 14.0. The molecule has 0 unspecified atom stereocenters. The van der Waals surface area contributed by atoms with Crippen molar-refractivity contribution in [2.24, 2.45) is 0 Å². The van der Waals surface area contributed by atoms with Gasteiger partial charge >= 0.3 is 0 Å². The van der Waals surface area contributed by atoms with Crippen molar-refractivity contribution in [3.63, 3.8) is 0 Å². The van der Waals surface area contributed by atoms with E-state index in [4.69, 9.17) is 0 Å². The first-order valence-corrected chi connectivity index (χ1v) is 10.6. The Morgan fingerprint density at radius 2 is 2.29 bits per heavy atom. The maximum atomic E-state index is 12.6. The fourth-order valence-electron chi connectivity index (χ4n) is 3.51. The minimum Gasteiger partial charge on any atom is -0.350 e. The Labute approximate surface area is 169 Å². The number of fused-ring (bicyclic) bond motifs is 1. The lowest BCUT2D eigenvalue weighted by Crippen LogP contribution is -2.32. The van der Waals surface area contributed by atoms with E-state index in [-0.39, 0.29) is 5.91 Å². The van der Waals surface area contributed by atoms with Gasteiger partial charge in [-0.15, -0.1) is 11.3 Å². The highest BCUT2D eigenvalue weighted by molar-refractivity contribution is 7.10. The third kappa shape index (κ3) is 4.31. The van der Waals surface area contributed by atoms with Crippen molar-refractivity contribution < 1.29 is 4.79 Å². The van der Waals surface area contributed by atoms with Crippen LogP contribution < -0.4 is 5.32 Å². The highest BCUT2D eigenvalue weighted by atomic mass is 32.1. The van der Waals surface area contributed by atoms with Gasteiger partial charge in [-0.05, 0) is 36.1 Å². The molecule has 0 bridgehead atoms. The number of aromatic nitrogens is 3. The molecule has 0 saturated heterocycles. The number of nitrogens with one attached hydrogen (secondary N) is 1. The topological polar surface area (TPSA) is 63.1 Å². The van der Waals surface area contributed by atoms with Crippen LogP contribution in [0.5, 0.6) is 0 Å². The smallest absolute Gasteiger partial charge is 0.252 e. The number of carbonyl (C=O) groups is 1. The molecule has 0 spiro atoms. The lowest BCUT2D eigenvalue weighted by Gasteiger charge is -2.27. The van der Waals surface area contributed by atoms with Gasteiger partial charge in [0.1, 0.15) is 0 Å². The molecule has 0 radical (unpaired) electrons. The van der Waals surface area contributed by atoms with Crippen LogP contribution in [0.15, 0.2) is 42.2 Å². The van der Waals surface area contributed by atoms with Gasteiger partial charge in [0.2, 0.25) is 0 Å². The van der Waals surface area contributed by atoms with Crippen LogP contribution in [0, 0.1) is 0 Å². The number of carbonyl (C=O) groups excluding carboxylic acids is 1. The Morgan fingerprint density at radius 1 is 1.36 bits per heavy atom. The molecule has 0 saturated carbocycles. The maximum Gasteiger partial charge on any atom is 0.252 e. The SMILES string of the molecule is CCc1ccc(CN2CCc3c(C(=O)NCCn4cccn4)csc3C2)nc1. The molecule has 1 aliphatic rings. The van der Waals surface area contributed by atoms with Crippen molar-refractivity contribution in [1.82, 2.24) is 25.0 Å². The van der Waals surface area contributed by atoms with E-state index in [1.165, 1.54) is 16.0 Å². The van der Waals surface area contributed by atoms with Crippen LogP contribution in [0.1, 0.15) is 39.0 Å². The van der Waals surface area contributed by atoms with E-state index < -0.39 is 0 Å². The first kappa shape index (κ1) is 18.8. The lowest BCUT2D eigenvalue weighted by atomic mass is 10.0. The predicted molar refractivity (Wildman–Crippen MR) is 110 cm³/mol. The second kappa shape index (κ2) is 8.67. The monoisotopic (exact) mass is 395 g/mol. The molecule has 6 nitrogen and oxygen atoms in total. The Balaban J connectivity index is 1.33. The summed E-state index contributed by atoms with van der Waals surface area (Å²) in [5.41, 5.74) is 4.43. The summed E-state index contributed by atoms with van der Waals surface area (Å²) in [6, 6.07) is 6.17. The molecule has 0 aliphatic carbocycles. The number of rotatable bonds is 7. The summed E-state index contributed by atoms with van der Waals surface area (Å²) in [5.74, 6) is 0.0231. The summed E-state index contributed by atoms with van der Waals surface area (Å²) >= 11 is 1.69. The van der Waals surface area contributed by atoms with Crippen LogP contribution in [-0.2, 0) is 32.5 Å². The van der Waals surface area contributed by atoms with E-state index in [0.717, 1.165) is 43.7 Å². The first-order valence-electron chi connectivity index (χ1n) is 9.74. The number of thiophene rings is 1. The highest BCUT2D eigenvalue weighted by Crippen LogP contribution is 2.29. The summed E-state index contributed by atoms with van der Waals surface area (Å²) < 4.78 is 1.82.